The highest BCUT2D eigenvalue weighted by Crippen LogP contribution is 2.29. The van der Waals surface area contributed by atoms with Crippen molar-refractivity contribution in [3.05, 3.63) is 65.7 Å². The predicted molar refractivity (Wildman–Crippen MR) is 119 cm³/mol. The van der Waals surface area contributed by atoms with Crippen LogP contribution in [-0.4, -0.2) is 35.8 Å². The van der Waals surface area contributed by atoms with E-state index in [4.69, 9.17) is 4.74 Å². The van der Waals surface area contributed by atoms with E-state index in [1.165, 1.54) is 0 Å². The van der Waals surface area contributed by atoms with Crippen molar-refractivity contribution in [2.75, 3.05) is 18.5 Å². The lowest BCUT2D eigenvalue weighted by Crippen LogP contribution is -2.30. The number of benzene rings is 2. The average molecular weight is 423 g/mol. The molecule has 31 heavy (non-hydrogen) atoms. The van der Waals surface area contributed by atoms with Crippen molar-refractivity contribution in [1.82, 2.24) is 4.90 Å². The second kappa shape index (κ2) is 9.33. The van der Waals surface area contributed by atoms with E-state index in [-0.39, 0.29) is 30.4 Å². The van der Waals surface area contributed by atoms with Crippen molar-refractivity contribution in [3.63, 3.8) is 0 Å². The largest absolute Gasteiger partial charge is 0.455 e. The number of carbonyl (C=O) groups excluding carboxylic acids is 3. The van der Waals surface area contributed by atoms with Crippen molar-refractivity contribution >= 4 is 23.5 Å². The molecular formula is C25H30N2O4. The molecule has 0 unspecified atom stereocenters. The molecule has 1 aliphatic heterocycles. The standard InChI is InChI=1S/C25H30N2O4/c1-17(18-8-6-5-7-9-18)27-15-19(14-23(27)29)24(30)31-16-22(28)26-21-12-10-20(11-13-21)25(2,3)4/h5-13,17,19H,14-16H2,1-4H3,(H,26,28)/t17-,19-/m0/s1. The third-order valence-corrected chi connectivity index (χ3v) is 5.62. The normalized spacial score (nSPS) is 17.4. The number of nitrogens with zero attached hydrogens (tertiary/aromatic N) is 1. The van der Waals surface area contributed by atoms with Crippen LogP contribution in [0.2, 0.25) is 0 Å². The maximum atomic E-state index is 12.4. The molecule has 2 atom stereocenters. The summed E-state index contributed by atoms with van der Waals surface area (Å²) in [5.74, 6) is -1.57. The second-order valence-electron chi connectivity index (χ2n) is 9.02. The van der Waals surface area contributed by atoms with Gasteiger partial charge < -0.3 is 15.0 Å². The van der Waals surface area contributed by atoms with Crippen LogP contribution in [0.5, 0.6) is 0 Å². The lowest BCUT2D eigenvalue weighted by molar-refractivity contribution is -0.151. The highest BCUT2D eigenvalue weighted by atomic mass is 16.5. The van der Waals surface area contributed by atoms with E-state index in [0.717, 1.165) is 11.1 Å². The summed E-state index contributed by atoms with van der Waals surface area (Å²) < 4.78 is 5.19. The molecule has 1 fully saturated rings. The Hall–Kier alpha value is -3.15. The van der Waals surface area contributed by atoms with Crippen LogP contribution in [0.25, 0.3) is 0 Å². The molecule has 164 valence electrons. The van der Waals surface area contributed by atoms with E-state index < -0.39 is 17.8 Å². The smallest absolute Gasteiger partial charge is 0.311 e. The predicted octanol–water partition coefficient (Wildman–Crippen LogP) is 4.08. The van der Waals surface area contributed by atoms with Gasteiger partial charge in [-0.3, -0.25) is 14.4 Å². The maximum absolute atomic E-state index is 12.4. The molecule has 0 aliphatic carbocycles. The molecule has 0 radical (unpaired) electrons. The van der Waals surface area contributed by atoms with E-state index in [0.29, 0.717) is 12.2 Å². The first-order valence-electron chi connectivity index (χ1n) is 10.6. The molecule has 6 heteroatoms. The van der Waals surface area contributed by atoms with Crippen LogP contribution in [0.15, 0.2) is 54.6 Å². The summed E-state index contributed by atoms with van der Waals surface area (Å²) in [5, 5.41) is 2.73. The molecule has 2 aromatic carbocycles. The molecule has 0 aromatic heterocycles. The molecule has 0 saturated carbocycles. The van der Waals surface area contributed by atoms with Gasteiger partial charge in [0.05, 0.1) is 12.0 Å². The van der Waals surface area contributed by atoms with Gasteiger partial charge in [-0.05, 0) is 35.6 Å². The molecular weight excluding hydrogens is 392 g/mol. The molecule has 1 saturated heterocycles. The molecule has 1 aliphatic rings. The number of carbonyl (C=O) groups is 3. The van der Waals surface area contributed by atoms with E-state index in [2.05, 4.69) is 26.1 Å². The zero-order chi connectivity index (χ0) is 22.6. The Morgan fingerprint density at radius 2 is 1.74 bits per heavy atom. The highest BCUT2D eigenvalue weighted by molar-refractivity contribution is 5.93. The Bertz CT molecular complexity index is 932. The summed E-state index contributed by atoms with van der Waals surface area (Å²) in [7, 11) is 0. The van der Waals surface area contributed by atoms with Crippen LogP contribution >= 0.6 is 0 Å². The van der Waals surface area contributed by atoms with Gasteiger partial charge in [0.15, 0.2) is 6.61 Å². The molecule has 0 bridgehead atoms. The van der Waals surface area contributed by atoms with Crippen LogP contribution < -0.4 is 5.32 Å². The third-order valence-electron chi connectivity index (χ3n) is 5.62. The quantitative estimate of drug-likeness (QED) is 0.712. The van der Waals surface area contributed by atoms with E-state index in [1.807, 2.05) is 61.5 Å². The first-order valence-corrected chi connectivity index (χ1v) is 10.6. The zero-order valence-electron chi connectivity index (χ0n) is 18.6. The topological polar surface area (TPSA) is 75.7 Å². The lowest BCUT2D eigenvalue weighted by atomic mass is 9.87. The van der Waals surface area contributed by atoms with Crippen LogP contribution in [0.3, 0.4) is 0 Å². The molecule has 6 nitrogen and oxygen atoms in total. The minimum atomic E-state index is -0.558. The van der Waals surface area contributed by atoms with Crippen molar-refractivity contribution in [3.8, 4) is 0 Å². The van der Waals surface area contributed by atoms with E-state index in [9.17, 15) is 14.4 Å². The number of nitrogens with one attached hydrogen (secondary N) is 1. The van der Waals surface area contributed by atoms with Gasteiger partial charge in [0.1, 0.15) is 0 Å². The van der Waals surface area contributed by atoms with Gasteiger partial charge in [0, 0.05) is 18.7 Å². The second-order valence-corrected chi connectivity index (χ2v) is 9.02. The number of hydrogen-bond donors (Lipinski definition) is 1. The zero-order valence-corrected chi connectivity index (χ0v) is 18.6. The van der Waals surface area contributed by atoms with Crippen LogP contribution in [0, 0.1) is 5.92 Å². The van der Waals surface area contributed by atoms with Crippen LogP contribution in [-0.2, 0) is 24.5 Å². The van der Waals surface area contributed by atoms with Crippen molar-refractivity contribution in [2.45, 2.75) is 45.6 Å². The van der Waals surface area contributed by atoms with Gasteiger partial charge in [-0.1, -0.05) is 63.2 Å². The Morgan fingerprint density at radius 3 is 2.35 bits per heavy atom. The summed E-state index contributed by atoms with van der Waals surface area (Å²) in [4.78, 5) is 38.7. The van der Waals surface area contributed by atoms with Gasteiger partial charge in [-0.25, -0.2) is 0 Å². The first-order chi connectivity index (χ1) is 14.6. The molecule has 1 N–H and O–H groups in total. The molecule has 1 heterocycles. The molecule has 3 rings (SSSR count). The Labute approximate surface area is 183 Å². The molecule has 2 amide bonds. The molecule has 0 spiro atoms. The Balaban J connectivity index is 1.49. The fourth-order valence-corrected chi connectivity index (χ4v) is 3.68. The SMILES string of the molecule is C[C@@H](c1ccccc1)N1C[C@@H](C(=O)OCC(=O)Nc2ccc(C(C)(C)C)cc2)CC1=O. The number of anilines is 1. The van der Waals surface area contributed by atoms with Gasteiger partial charge in [0.2, 0.25) is 5.91 Å². The van der Waals surface area contributed by atoms with Gasteiger partial charge in [-0.2, -0.15) is 0 Å². The van der Waals surface area contributed by atoms with Crippen molar-refractivity contribution < 1.29 is 19.1 Å². The van der Waals surface area contributed by atoms with Crippen LogP contribution in [0.4, 0.5) is 5.69 Å². The number of amides is 2. The maximum Gasteiger partial charge on any atom is 0.311 e. The van der Waals surface area contributed by atoms with Gasteiger partial charge in [-0.15, -0.1) is 0 Å². The summed E-state index contributed by atoms with van der Waals surface area (Å²) >= 11 is 0. The fraction of sp³-hybridized carbons (Fsp3) is 0.400. The number of likely N-dealkylation sites (tertiary alicyclic amines) is 1. The highest BCUT2D eigenvalue weighted by Gasteiger charge is 2.38. The summed E-state index contributed by atoms with van der Waals surface area (Å²) in [6.45, 7) is 8.22. The minimum absolute atomic E-state index is 0.0304. The minimum Gasteiger partial charge on any atom is -0.455 e. The number of ether oxygens (including phenoxy) is 1. The fourth-order valence-electron chi connectivity index (χ4n) is 3.68. The number of rotatable bonds is 6. The number of hydrogen-bond acceptors (Lipinski definition) is 4. The van der Waals surface area contributed by atoms with Crippen LogP contribution in [0.1, 0.15) is 51.3 Å². The van der Waals surface area contributed by atoms with Gasteiger partial charge >= 0.3 is 5.97 Å². The van der Waals surface area contributed by atoms with E-state index in [1.54, 1.807) is 4.90 Å². The molecule has 2 aromatic rings. The summed E-state index contributed by atoms with van der Waals surface area (Å²) in [6.07, 6.45) is 0.103. The summed E-state index contributed by atoms with van der Waals surface area (Å²) in [6, 6.07) is 17.2. The first kappa shape index (κ1) is 22.5. The number of esters is 1. The van der Waals surface area contributed by atoms with Gasteiger partial charge in [0.25, 0.3) is 5.91 Å². The van der Waals surface area contributed by atoms with Crippen molar-refractivity contribution in [1.29, 1.82) is 0 Å². The van der Waals surface area contributed by atoms with Crippen molar-refractivity contribution in [2.24, 2.45) is 5.92 Å². The summed E-state index contributed by atoms with van der Waals surface area (Å²) in [5.41, 5.74) is 2.86. The third kappa shape index (κ3) is 5.72. The Kier molecular flexibility index (Phi) is 6.78. The average Bonchev–Trinajstić information content (AvgIpc) is 3.13. The van der Waals surface area contributed by atoms with E-state index >= 15 is 0 Å². The Morgan fingerprint density at radius 1 is 1.10 bits per heavy atom. The lowest BCUT2D eigenvalue weighted by Gasteiger charge is -2.25. The monoisotopic (exact) mass is 422 g/mol.